The van der Waals surface area contributed by atoms with Gasteiger partial charge in [0.2, 0.25) is 5.17 Å². The first-order valence-electron chi connectivity index (χ1n) is 14.0. The highest BCUT2D eigenvalue weighted by Crippen LogP contribution is 2.37. The molecule has 2 aliphatic heterocycles. The summed E-state index contributed by atoms with van der Waals surface area (Å²) < 4.78 is 17.5. The Morgan fingerprint density at radius 2 is 1.82 bits per heavy atom. The molecule has 40 heavy (non-hydrogen) atoms. The lowest BCUT2D eigenvalue weighted by molar-refractivity contribution is -0.114. The monoisotopic (exact) mass is 560 g/mol. The standard InChI is InChI=1S/C31H36N4O4S/c1-4-20(2)23-12-8-9-13-25(23)38-16-17-39-26-15-14-21(19-27(26)37-3)18-24-28(32)35-31(33-29(24)36)40-30(34-35)22-10-6-5-7-11-22/h8-9,12-15,18-20,22,32H,4-7,10-11,16-17H2,1-3H3/b24-18-,32-28?/t20-/m0/s1. The summed E-state index contributed by atoms with van der Waals surface area (Å²) in [5.41, 5.74) is 2.10. The SMILES string of the molecule is CC[C@H](C)c1ccccc1OCCOc1ccc(/C=C2/C(=N)N3N=C(C4CCCCC4)SC3=NC2=O)cc1OC. The molecule has 1 saturated carbocycles. The van der Waals surface area contributed by atoms with Crippen molar-refractivity contribution in [3.8, 4) is 17.2 Å². The summed E-state index contributed by atoms with van der Waals surface area (Å²) >= 11 is 1.43. The number of ether oxygens (including phenoxy) is 3. The minimum Gasteiger partial charge on any atom is -0.493 e. The molecule has 0 bridgehead atoms. The lowest BCUT2D eigenvalue weighted by Gasteiger charge is -2.20. The van der Waals surface area contributed by atoms with Crippen LogP contribution in [-0.4, -0.2) is 47.3 Å². The third-order valence-corrected chi connectivity index (χ3v) is 8.65. The van der Waals surface area contributed by atoms with E-state index in [-0.39, 0.29) is 11.4 Å². The Labute approximate surface area is 240 Å². The summed E-state index contributed by atoms with van der Waals surface area (Å²) in [4.78, 5) is 17.1. The minimum absolute atomic E-state index is 0.0439. The minimum atomic E-state index is -0.432. The Balaban J connectivity index is 1.24. The van der Waals surface area contributed by atoms with E-state index in [1.807, 2.05) is 24.3 Å². The van der Waals surface area contributed by atoms with Gasteiger partial charge in [0.25, 0.3) is 5.91 Å². The van der Waals surface area contributed by atoms with Crippen LogP contribution in [0.4, 0.5) is 0 Å². The van der Waals surface area contributed by atoms with Crippen LogP contribution in [0.25, 0.3) is 6.08 Å². The van der Waals surface area contributed by atoms with Crippen LogP contribution in [-0.2, 0) is 4.79 Å². The van der Waals surface area contributed by atoms with Crippen LogP contribution in [0.1, 0.15) is 69.4 Å². The summed E-state index contributed by atoms with van der Waals surface area (Å²) in [6, 6.07) is 13.5. The molecule has 0 radical (unpaired) electrons. The van der Waals surface area contributed by atoms with E-state index in [4.69, 9.17) is 19.6 Å². The van der Waals surface area contributed by atoms with Gasteiger partial charge in [0.15, 0.2) is 17.3 Å². The molecule has 3 aliphatic rings. The van der Waals surface area contributed by atoms with Crippen molar-refractivity contribution < 1.29 is 19.0 Å². The molecule has 0 spiro atoms. The number of para-hydroxylation sites is 1. The van der Waals surface area contributed by atoms with E-state index in [1.54, 1.807) is 25.3 Å². The van der Waals surface area contributed by atoms with Gasteiger partial charge in [-0.25, -0.2) is 0 Å². The molecule has 1 atom stereocenters. The smallest absolute Gasteiger partial charge is 0.283 e. The fourth-order valence-electron chi connectivity index (χ4n) is 5.12. The number of hydrazone groups is 1. The zero-order chi connectivity index (χ0) is 28.1. The fourth-order valence-corrected chi connectivity index (χ4v) is 6.18. The molecule has 0 saturated heterocycles. The van der Waals surface area contributed by atoms with Crippen molar-refractivity contribution in [3.63, 3.8) is 0 Å². The van der Waals surface area contributed by atoms with Crippen LogP contribution >= 0.6 is 11.8 Å². The Hall–Kier alpha value is -3.59. The number of hydrogen-bond acceptors (Lipinski definition) is 7. The highest BCUT2D eigenvalue weighted by molar-refractivity contribution is 8.27. The van der Waals surface area contributed by atoms with Crippen LogP contribution in [0.5, 0.6) is 17.2 Å². The van der Waals surface area contributed by atoms with E-state index < -0.39 is 5.91 Å². The summed E-state index contributed by atoms with van der Waals surface area (Å²) in [5.74, 6) is 2.41. The molecule has 0 aromatic heterocycles. The molecule has 8 nitrogen and oxygen atoms in total. The van der Waals surface area contributed by atoms with E-state index in [1.165, 1.54) is 41.6 Å². The number of benzene rings is 2. The Morgan fingerprint density at radius 3 is 2.58 bits per heavy atom. The number of carbonyl (C=O) groups is 1. The first kappa shape index (κ1) is 28.0. The van der Waals surface area contributed by atoms with Crippen molar-refractivity contribution in [3.05, 3.63) is 59.2 Å². The van der Waals surface area contributed by atoms with Gasteiger partial charge in [-0.2, -0.15) is 15.1 Å². The number of amidine groups is 2. The number of aliphatic imine (C=N–C) groups is 1. The second kappa shape index (κ2) is 12.7. The predicted molar refractivity (Wildman–Crippen MR) is 161 cm³/mol. The van der Waals surface area contributed by atoms with E-state index in [0.717, 1.165) is 30.1 Å². The maximum Gasteiger partial charge on any atom is 0.283 e. The molecule has 5 rings (SSSR count). The fraction of sp³-hybridized carbons (Fsp3) is 0.419. The molecule has 1 N–H and O–H groups in total. The number of hydrogen-bond donors (Lipinski definition) is 1. The maximum absolute atomic E-state index is 12.9. The van der Waals surface area contributed by atoms with Crippen LogP contribution < -0.4 is 14.2 Å². The number of methoxy groups -OCH3 is 1. The van der Waals surface area contributed by atoms with Crippen LogP contribution in [0.3, 0.4) is 0 Å². The highest BCUT2D eigenvalue weighted by atomic mass is 32.2. The average molecular weight is 561 g/mol. The van der Waals surface area contributed by atoms with E-state index in [9.17, 15) is 4.79 Å². The normalized spacial score (nSPS) is 19.3. The zero-order valence-corrected chi connectivity index (χ0v) is 24.1. The quantitative estimate of drug-likeness (QED) is 0.252. The number of thioether (sulfide) groups is 1. The third kappa shape index (κ3) is 6.09. The van der Waals surface area contributed by atoms with Gasteiger partial charge in [0.1, 0.15) is 24.0 Å². The van der Waals surface area contributed by atoms with Crippen molar-refractivity contribution >= 4 is 39.8 Å². The Bertz CT molecular complexity index is 1360. The molecule has 2 heterocycles. The molecule has 2 aromatic rings. The molecular formula is C31H36N4O4S. The molecular weight excluding hydrogens is 524 g/mol. The largest absolute Gasteiger partial charge is 0.493 e. The number of nitrogens with one attached hydrogen (secondary N) is 1. The van der Waals surface area contributed by atoms with Gasteiger partial charge in [-0.3, -0.25) is 10.2 Å². The van der Waals surface area contributed by atoms with Gasteiger partial charge in [-0.1, -0.05) is 57.4 Å². The van der Waals surface area contributed by atoms with E-state index in [2.05, 4.69) is 30.0 Å². The Morgan fingerprint density at radius 1 is 1.07 bits per heavy atom. The maximum atomic E-state index is 12.9. The second-order valence-corrected chi connectivity index (χ2v) is 11.2. The van der Waals surface area contributed by atoms with Crippen LogP contribution in [0, 0.1) is 11.3 Å². The van der Waals surface area contributed by atoms with Crippen LogP contribution in [0.15, 0.2) is 58.1 Å². The van der Waals surface area contributed by atoms with Gasteiger partial charge in [-0.05, 0) is 72.3 Å². The number of nitrogens with zero attached hydrogens (tertiary/aromatic N) is 3. The molecule has 9 heteroatoms. The van der Waals surface area contributed by atoms with Gasteiger partial charge in [0, 0.05) is 5.92 Å². The zero-order valence-electron chi connectivity index (χ0n) is 23.3. The lowest BCUT2D eigenvalue weighted by Crippen LogP contribution is -2.35. The van der Waals surface area contributed by atoms with Crippen LogP contribution in [0.2, 0.25) is 0 Å². The third-order valence-electron chi connectivity index (χ3n) is 7.58. The molecule has 210 valence electrons. The second-order valence-electron chi connectivity index (χ2n) is 10.2. The van der Waals surface area contributed by atoms with Crippen molar-refractivity contribution in [2.24, 2.45) is 16.0 Å². The van der Waals surface area contributed by atoms with E-state index in [0.29, 0.717) is 47.3 Å². The number of amides is 1. The van der Waals surface area contributed by atoms with Gasteiger partial charge in [-0.15, -0.1) is 0 Å². The summed E-state index contributed by atoms with van der Waals surface area (Å²) in [6.07, 6.45) is 8.55. The van der Waals surface area contributed by atoms with Crippen molar-refractivity contribution in [2.45, 2.75) is 58.3 Å². The van der Waals surface area contributed by atoms with Gasteiger partial charge < -0.3 is 14.2 Å². The number of carbonyl (C=O) groups excluding carboxylic acids is 1. The number of rotatable bonds is 10. The Kier molecular flexibility index (Phi) is 8.89. The average Bonchev–Trinajstić information content (AvgIpc) is 3.42. The molecule has 1 aliphatic carbocycles. The van der Waals surface area contributed by atoms with Gasteiger partial charge >= 0.3 is 0 Å². The summed E-state index contributed by atoms with van der Waals surface area (Å²) in [6.45, 7) is 5.10. The van der Waals surface area contributed by atoms with Crippen molar-refractivity contribution in [1.82, 2.24) is 5.01 Å². The molecule has 1 fully saturated rings. The highest BCUT2D eigenvalue weighted by Gasteiger charge is 2.38. The summed E-state index contributed by atoms with van der Waals surface area (Å²) in [5, 5.41) is 16.3. The lowest BCUT2D eigenvalue weighted by atomic mass is 9.90. The van der Waals surface area contributed by atoms with Crippen molar-refractivity contribution in [1.29, 1.82) is 5.41 Å². The van der Waals surface area contributed by atoms with E-state index >= 15 is 0 Å². The molecule has 0 unspecified atom stereocenters. The first-order chi connectivity index (χ1) is 19.5. The topological polar surface area (TPSA) is 96.6 Å². The van der Waals surface area contributed by atoms with Gasteiger partial charge in [0.05, 0.1) is 12.7 Å². The van der Waals surface area contributed by atoms with Crippen molar-refractivity contribution in [2.75, 3.05) is 20.3 Å². The molecule has 1 amide bonds. The number of fused-ring (bicyclic) bond motifs is 1. The first-order valence-corrected chi connectivity index (χ1v) is 14.8. The summed E-state index contributed by atoms with van der Waals surface area (Å²) in [7, 11) is 1.57. The molecule has 2 aromatic carbocycles. The predicted octanol–water partition coefficient (Wildman–Crippen LogP) is 6.87.